The molecule has 22 heavy (non-hydrogen) atoms. The second-order valence-corrected chi connectivity index (χ2v) is 7.14. The Morgan fingerprint density at radius 2 is 1.23 bits per heavy atom. The molecule has 1 unspecified atom stereocenters. The van der Waals surface area contributed by atoms with Gasteiger partial charge in [0.1, 0.15) is 0 Å². The summed E-state index contributed by atoms with van der Waals surface area (Å²) in [4.78, 5) is 0.906. The summed E-state index contributed by atoms with van der Waals surface area (Å²) >= 11 is 5.24. The number of hydrogen-bond donors (Lipinski definition) is 2. The Hall–Kier alpha value is -0.150. The lowest BCUT2D eigenvalue weighted by Crippen LogP contribution is -2.29. The molecule has 0 aliphatic heterocycles. The highest BCUT2D eigenvalue weighted by Gasteiger charge is 1.99. The maximum absolute atomic E-state index is 9.16. The van der Waals surface area contributed by atoms with Gasteiger partial charge >= 0.3 is 0 Å². The Morgan fingerprint density at radius 3 is 1.64 bits per heavy atom. The first kappa shape index (κ1) is 21.9. The number of aliphatic hydroxyl groups is 1. The van der Waals surface area contributed by atoms with Gasteiger partial charge in [0.25, 0.3) is 0 Å². The molecular weight excluding hydrogens is 290 g/mol. The zero-order chi connectivity index (χ0) is 16.5. The maximum Gasteiger partial charge on any atom is 0.0754 e. The van der Waals surface area contributed by atoms with E-state index < -0.39 is 0 Å². The van der Waals surface area contributed by atoms with Crippen LogP contribution in [0.15, 0.2) is 0 Å². The van der Waals surface area contributed by atoms with Crippen molar-refractivity contribution < 1.29 is 5.11 Å². The van der Waals surface area contributed by atoms with Crippen molar-refractivity contribution in [1.29, 1.82) is 0 Å². The van der Waals surface area contributed by atoms with Crippen molar-refractivity contribution in [2.24, 2.45) is 0 Å². The molecule has 0 amide bonds. The van der Waals surface area contributed by atoms with E-state index in [0.717, 1.165) is 11.4 Å². The molecule has 0 aromatic carbocycles. The van der Waals surface area contributed by atoms with E-state index in [1.807, 2.05) is 0 Å². The average molecular weight is 330 g/mol. The van der Waals surface area contributed by atoms with Gasteiger partial charge in [-0.3, -0.25) is 0 Å². The van der Waals surface area contributed by atoms with Crippen LogP contribution in [0.2, 0.25) is 0 Å². The van der Waals surface area contributed by atoms with Gasteiger partial charge in [0, 0.05) is 6.54 Å². The van der Waals surface area contributed by atoms with Gasteiger partial charge in [-0.05, 0) is 19.8 Å². The summed E-state index contributed by atoms with van der Waals surface area (Å²) in [7, 11) is 0. The zero-order valence-electron chi connectivity index (χ0n) is 15.0. The lowest BCUT2D eigenvalue weighted by atomic mass is 10.0. The predicted octanol–water partition coefficient (Wildman–Crippen LogP) is 5.77. The van der Waals surface area contributed by atoms with Gasteiger partial charge in [0.15, 0.2) is 0 Å². The van der Waals surface area contributed by atoms with Crippen molar-refractivity contribution >= 4 is 17.2 Å². The van der Waals surface area contributed by atoms with Crippen LogP contribution in [0, 0.1) is 0 Å². The third-order valence-electron chi connectivity index (χ3n) is 4.10. The number of nitrogens with one attached hydrogen (secondary N) is 1. The van der Waals surface area contributed by atoms with Crippen LogP contribution in [0.25, 0.3) is 0 Å². The highest BCUT2D eigenvalue weighted by Crippen LogP contribution is 2.12. The summed E-state index contributed by atoms with van der Waals surface area (Å²) < 4.78 is 0. The molecule has 0 spiro atoms. The molecular formula is C19H39NOS. The molecule has 0 fully saturated rings. The molecule has 0 aliphatic carbocycles. The van der Waals surface area contributed by atoms with Crippen LogP contribution in [0.3, 0.4) is 0 Å². The largest absolute Gasteiger partial charge is 0.392 e. The fourth-order valence-electron chi connectivity index (χ4n) is 2.65. The van der Waals surface area contributed by atoms with Gasteiger partial charge in [0.2, 0.25) is 0 Å². The van der Waals surface area contributed by atoms with Crippen molar-refractivity contribution in [3.8, 4) is 0 Å². The van der Waals surface area contributed by atoms with E-state index in [1.165, 1.54) is 83.5 Å². The number of rotatable bonds is 16. The van der Waals surface area contributed by atoms with Crippen molar-refractivity contribution in [2.75, 3.05) is 6.54 Å². The van der Waals surface area contributed by atoms with Crippen LogP contribution in [-0.2, 0) is 0 Å². The molecule has 0 saturated carbocycles. The fourth-order valence-corrected chi connectivity index (χ4v) is 2.88. The third-order valence-corrected chi connectivity index (χ3v) is 4.45. The summed E-state index contributed by atoms with van der Waals surface area (Å²) in [5, 5.41) is 12.3. The van der Waals surface area contributed by atoms with E-state index in [1.54, 1.807) is 6.92 Å². The van der Waals surface area contributed by atoms with Crippen LogP contribution < -0.4 is 5.32 Å². The maximum atomic E-state index is 9.16. The minimum Gasteiger partial charge on any atom is -0.392 e. The quantitative estimate of drug-likeness (QED) is 0.279. The molecule has 0 aliphatic rings. The Bertz CT molecular complexity index is 244. The third kappa shape index (κ3) is 17.9. The molecule has 0 heterocycles. The Kier molecular flexibility index (Phi) is 17.1. The Labute approximate surface area is 144 Å². The van der Waals surface area contributed by atoms with Crippen molar-refractivity contribution in [3.63, 3.8) is 0 Å². The SMILES string of the molecule is CCCCCCCCCCCCCCCC(=S)NCC(C)O. The zero-order valence-corrected chi connectivity index (χ0v) is 15.9. The van der Waals surface area contributed by atoms with Crippen LogP contribution in [0.5, 0.6) is 0 Å². The molecule has 2 N–H and O–H groups in total. The molecule has 132 valence electrons. The van der Waals surface area contributed by atoms with Gasteiger partial charge in [0.05, 0.1) is 11.1 Å². The topological polar surface area (TPSA) is 32.3 Å². The van der Waals surface area contributed by atoms with Crippen molar-refractivity contribution in [2.45, 2.75) is 110 Å². The van der Waals surface area contributed by atoms with E-state index in [2.05, 4.69) is 12.2 Å². The van der Waals surface area contributed by atoms with E-state index in [4.69, 9.17) is 17.3 Å². The second kappa shape index (κ2) is 17.2. The highest BCUT2D eigenvalue weighted by molar-refractivity contribution is 7.80. The van der Waals surface area contributed by atoms with Crippen LogP contribution in [0.1, 0.15) is 104 Å². The van der Waals surface area contributed by atoms with E-state index in [-0.39, 0.29) is 6.10 Å². The van der Waals surface area contributed by atoms with Crippen molar-refractivity contribution in [3.05, 3.63) is 0 Å². The van der Waals surface area contributed by atoms with Crippen LogP contribution in [0.4, 0.5) is 0 Å². The number of aliphatic hydroxyl groups excluding tert-OH is 1. The second-order valence-electron chi connectivity index (χ2n) is 6.65. The summed E-state index contributed by atoms with van der Waals surface area (Å²) in [5.74, 6) is 0. The number of hydrogen-bond acceptors (Lipinski definition) is 2. The summed E-state index contributed by atoms with van der Waals surface area (Å²) in [6, 6.07) is 0. The molecule has 2 nitrogen and oxygen atoms in total. The smallest absolute Gasteiger partial charge is 0.0754 e. The lowest BCUT2D eigenvalue weighted by Gasteiger charge is -2.09. The highest BCUT2D eigenvalue weighted by atomic mass is 32.1. The Balaban J connectivity index is 3.09. The van der Waals surface area contributed by atoms with Crippen molar-refractivity contribution in [1.82, 2.24) is 5.32 Å². The molecule has 0 bridgehead atoms. The first-order chi connectivity index (χ1) is 10.7. The lowest BCUT2D eigenvalue weighted by molar-refractivity contribution is 0.198. The first-order valence-electron chi connectivity index (χ1n) is 9.61. The first-order valence-corrected chi connectivity index (χ1v) is 10.0. The van der Waals surface area contributed by atoms with E-state index >= 15 is 0 Å². The van der Waals surface area contributed by atoms with Gasteiger partial charge in [-0.1, -0.05) is 96.2 Å². The molecule has 0 radical (unpaired) electrons. The summed E-state index contributed by atoms with van der Waals surface area (Å²) in [6.07, 6.45) is 18.6. The van der Waals surface area contributed by atoms with E-state index in [0.29, 0.717) is 6.54 Å². The monoisotopic (exact) mass is 329 g/mol. The fraction of sp³-hybridized carbons (Fsp3) is 0.947. The minimum atomic E-state index is -0.315. The standard InChI is InChI=1S/C19H39NOS/c1-3-4-5-6-7-8-9-10-11-12-13-14-15-16-19(22)20-17-18(2)21/h18,21H,3-17H2,1-2H3,(H,20,22). The molecule has 0 aromatic heterocycles. The molecule has 0 rings (SSSR count). The predicted molar refractivity (Wildman–Crippen MR) is 103 cm³/mol. The average Bonchev–Trinajstić information content (AvgIpc) is 2.49. The van der Waals surface area contributed by atoms with Crippen LogP contribution >= 0.6 is 12.2 Å². The molecule has 3 heteroatoms. The molecule has 0 aromatic rings. The van der Waals surface area contributed by atoms with Gasteiger partial charge < -0.3 is 10.4 Å². The molecule has 1 atom stereocenters. The number of thiocarbonyl (C=S) groups is 1. The molecule has 0 saturated heterocycles. The number of unbranched alkanes of at least 4 members (excludes halogenated alkanes) is 12. The van der Waals surface area contributed by atoms with Gasteiger partial charge in [-0.2, -0.15) is 0 Å². The summed E-state index contributed by atoms with van der Waals surface area (Å²) in [5.41, 5.74) is 0. The summed E-state index contributed by atoms with van der Waals surface area (Å²) in [6.45, 7) is 4.64. The minimum absolute atomic E-state index is 0.315. The van der Waals surface area contributed by atoms with E-state index in [9.17, 15) is 0 Å². The normalized spacial score (nSPS) is 12.3. The van der Waals surface area contributed by atoms with Gasteiger partial charge in [-0.25, -0.2) is 0 Å². The van der Waals surface area contributed by atoms with Gasteiger partial charge in [-0.15, -0.1) is 0 Å². The van der Waals surface area contributed by atoms with Crippen LogP contribution in [-0.4, -0.2) is 22.7 Å². The Morgan fingerprint density at radius 1 is 0.818 bits per heavy atom.